The number of rotatable bonds is 2. The second kappa shape index (κ2) is 2.70. The second-order valence-corrected chi connectivity index (χ2v) is 3.55. The number of hydrogen-bond acceptors (Lipinski definition) is 4. The molecule has 0 aromatic carbocycles. The van der Waals surface area contributed by atoms with E-state index in [0.717, 1.165) is 16.9 Å². The summed E-state index contributed by atoms with van der Waals surface area (Å²) in [6.45, 7) is 0. The van der Waals surface area contributed by atoms with Crippen molar-refractivity contribution >= 4 is 17.8 Å². The molecular weight excluding hydrogens is 160 g/mol. The maximum Gasteiger partial charge on any atom is 0.163 e. The fourth-order valence-electron chi connectivity index (χ4n) is 1.25. The summed E-state index contributed by atoms with van der Waals surface area (Å²) >= 11 is 1.20. The van der Waals surface area contributed by atoms with Crippen LogP contribution in [-0.4, -0.2) is 15.9 Å². The lowest BCUT2D eigenvalue weighted by Gasteiger charge is -2.22. The normalized spacial score (nSPS) is 17.8. The molecule has 0 aliphatic heterocycles. The molecule has 0 atom stereocenters. The molecule has 1 aliphatic carbocycles. The zero-order valence-corrected chi connectivity index (χ0v) is 6.80. The van der Waals surface area contributed by atoms with Gasteiger partial charge in [0.25, 0.3) is 0 Å². The van der Waals surface area contributed by atoms with Crippen molar-refractivity contribution in [3.05, 3.63) is 10.6 Å². The highest BCUT2D eigenvalue weighted by Crippen LogP contribution is 2.36. The van der Waals surface area contributed by atoms with Crippen LogP contribution in [0, 0.1) is 0 Å². The largest absolute Gasteiger partial charge is 0.297 e. The van der Waals surface area contributed by atoms with Gasteiger partial charge in [-0.3, -0.25) is 4.79 Å². The predicted octanol–water partition coefficient (Wildman–Crippen LogP) is 1.62. The summed E-state index contributed by atoms with van der Waals surface area (Å²) in [5, 5.41) is 3.95. The molecule has 1 heterocycles. The lowest BCUT2D eigenvalue weighted by molar-refractivity contribution is 0.112. The molecule has 11 heavy (non-hydrogen) atoms. The highest BCUT2D eigenvalue weighted by molar-refractivity contribution is 7.07. The molecule has 1 aromatic rings. The standard InChI is InChI=1S/C7H8N2OS/c10-4-6-7(8-9-11-6)5-2-1-3-5/h4-5H,1-3H2. The van der Waals surface area contributed by atoms with Crippen LogP contribution in [0.1, 0.15) is 40.5 Å². The number of aromatic nitrogens is 2. The van der Waals surface area contributed by atoms with E-state index in [2.05, 4.69) is 9.59 Å². The van der Waals surface area contributed by atoms with Gasteiger partial charge in [-0.05, 0) is 24.4 Å². The van der Waals surface area contributed by atoms with Gasteiger partial charge >= 0.3 is 0 Å². The van der Waals surface area contributed by atoms with Gasteiger partial charge in [0.15, 0.2) is 6.29 Å². The van der Waals surface area contributed by atoms with Crippen LogP contribution < -0.4 is 0 Å². The fourth-order valence-corrected chi connectivity index (χ4v) is 1.81. The van der Waals surface area contributed by atoms with Crippen LogP contribution in [0.4, 0.5) is 0 Å². The van der Waals surface area contributed by atoms with Gasteiger partial charge in [0.2, 0.25) is 0 Å². The quantitative estimate of drug-likeness (QED) is 0.630. The van der Waals surface area contributed by atoms with Crippen LogP contribution in [-0.2, 0) is 0 Å². The Kier molecular flexibility index (Phi) is 1.69. The average molecular weight is 168 g/mol. The first-order valence-corrected chi connectivity index (χ1v) is 4.46. The number of nitrogens with zero attached hydrogens (tertiary/aromatic N) is 2. The van der Waals surface area contributed by atoms with E-state index in [1.54, 1.807) is 0 Å². The summed E-state index contributed by atoms with van der Waals surface area (Å²) in [6.07, 6.45) is 4.47. The lowest BCUT2D eigenvalue weighted by atomic mass is 9.83. The van der Waals surface area contributed by atoms with Crippen LogP contribution >= 0.6 is 11.5 Å². The van der Waals surface area contributed by atoms with Crippen molar-refractivity contribution in [2.24, 2.45) is 0 Å². The van der Waals surface area contributed by atoms with Crippen molar-refractivity contribution in [2.75, 3.05) is 0 Å². The topological polar surface area (TPSA) is 42.9 Å². The smallest absolute Gasteiger partial charge is 0.163 e. The minimum Gasteiger partial charge on any atom is -0.297 e. The van der Waals surface area contributed by atoms with Crippen LogP contribution in [0.5, 0.6) is 0 Å². The van der Waals surface area contributed by atoms with Crippen LogP contribution in [0.3, 0.4) is 0 Å². The van der Waals surface area contributed by atoms with Crippen molar-refractivity contribution in [1.82, 2.24) is 9.59 Å². The van der Waals surface area contributed by atoms with Gasteiger partial charge in [-0.2, -0.15) is 0 Å². The fraction of sp³-hybridized carbons (Fsp3) is 0.571. The molecule has 0 N–H and O–H groups in total. The van der Waals surface area contributed by atoms with Gasteiger partial charge in [0.1, 0.15) is 4.88 Å². The summed E-state index contributed by atoms with van der Waals surface area (Å²) in [5.74, 6) is 0.522. The van der Waals surface area contributed by atoms with Crippen molar-refractivity contribution in [3.8, 4) is 0 Å². The second-order valence-electron chi connectivity index (χ2n) is 2.77. The van der Waals surface area contributed by atoms with Gasteiger partial charge in [0, 0.05) is 5.92 Å². The van der Waals surface area contributed by atoms with Gasteiger partial charge in [0.05, 0.1) is 5.69 Å². The Labute approximate surface area is 68.6 Å². The van der Waals surface area contributed by atoms with Gasteiger partial charge in [-0.15, -0.1) is 5.10 Å². The molecule has 0 amide bonds. The van der Waals surface area contributed by atoms with Gasteiger partial charge < -0.3 is 0 Å². The first-order chi connectivity index (χ1) is 5.42. The molecule has 1 aliphatic rings. The van der Waals surface area contributed by atoms with Crippen molar-refractivity contribution in [3.63, 3.8) is 0 Å². The van der Waals surface area contributed by atoms with Gasteiger partial charge in [-0.1, -0.05) is 10.9 Å². The zero-order valence-electron chi connectivity index (χ0n) is 5.99. The Morgan fingerprint density at radius 2 is 2.36 bits per heavy atom. The van der Waals surface area contributed by atoms with E-state index in [1.807, 2.05) is 0 Å². The Hall–Kier alpha value is -0.770. The first-order valence-electron chi connectivity index (χ1n) is 3.69. The number of carbonyl (C=O) groups excluding carboxylic acids is 1. The molecule has 3 nitrogen and oxygen atoms in total. The molecule has 2 rings (SSSR count). The molecule has 0 bridgehead atoms. The molecule has 1 saturated carbocycles. The van der Waals surface area contributed by atoms with E-state index in [4.69, 9.17) is 0 Å². The maximum absolute atomic E-state index is 10.5. The Morgan fingerprint density at radius 1 is 1.55 bits per heavy atom. The third-order valence-corrected chi connectivity index (χ3v) is 2.80. The minimum absolute atomic E-state index is 0.522. The summed E-state index contributed by atoms with van der Waals surface area (Å²) in [5.41, 5.74) is 0.927. The molecule has 1 aromatic heterocycles. The van der Waals surface area contributed by atoms with Crippen LogP contribution in [0.25, 0.3) is 0 Å². The minimum atomic E-state index is 0.522. The Morgan fingerprint density at radius 3 is 2.91 bits per heavy atom. The highest BCUT2D eigenvalue weighted by atomic mass is 32.1. The molecule has 0 spiro atoms. The molecular formula is C7H8N2OS. The van der Waals surface area contributed by atoms with E-state index in [0.29, 0.717) is 5.92 Å². The Bertz CT molecular complexity index is 267. The SMILES string of the molecule is O=Cc1snnc1C1CCC1. The summed E-state index contributed by atoms with van der Waals surface area (Å²) in [4.78, 5) is 11.2. The summed E-state index contributed by atoms with van der Waals surface area (Å²) in [7, 11) is 0. The summed E-state index contributed by atoms with van der Waals surface area (Å²) < 4.78 is 3.76. The van der Waals surface area contributed by atoms with E-state index in [1.165, 1.54) is 30.8 Å². The lowest BCUT2D eigenvalue weighted by Crippen LogP contribution is -2.10. The van der Waals surface area contributed by atoms with Crippen molar-refractivity contribution < 1.29 is 4.79 Å². The first kappa shape index (κ1) is 6.91. The Balaban J connectivity index is 2.27. The number of carbonyl (C=O) groups is 1. The monoisotopic (exact) mass is 168 g/mol. The molecule has 1 fully saturated rings. The third-order valence-electron chi connectivity index (χ3n) is 2.14. The molecule has 0 saturated heterocycles. The maximum atomic E-state index is 10.5. The molecule has 0 radical (unpaired) electrons. The van der Waals surface area contributed by atoms with E-state index < -0.39 is 0 Å². The molecule has 0 unspecified atom stereocenters. The van der Waals surface area contributed by atoms with E-state index in [9.17, 15) is 4.79 Å². The number of hydrogen-bond donors (Lipinski definition) is 0. The predicted molar refractivity (Wildman–Crippen MR) is 41.9 cm³/mol. The van der Waals surface area contributed by atoms with E-state index in [-0.39, 0.29) is 0 Å². The third kappa shape index (κ3) is 1.07. The van der Waals surface area contributed by atoms with Crippen molar-refractivity contribution in [2.45, 2.75) is 25.2 Å². The van der Waals surface area contributed by atoms with E-state index >= 15 is 0 Å². The van der Waals surface area contributed by atoms with Crippen molar-refractivity contribution in [1.29, 1.82) is 0 Å². The van der Waals surface area contributed by atoms with Crippen LogP contribution in [0.2, 0.25) is 0 Å². The molecule has 4 heteroatoms. The molecule has 58 valence electrons. The highest BCUT2D eigenvalue weighted by Gasteiger charge is 2.24. The van der Waals surface area contributed by atoms with Gasteiger partial charge in [-0.25, -0.2) is 0 Å². The average Bonchev–Trinajstić information content (AvgIpc) is 2.32. The zero-order chi connectivity index (χ0) is 7.68. The number of aldehydes is 1. The summed E-state index contributed by atoms with van der Waals surface area (Å²) in [6, 6.07) is 0. The van der Waals surface area contributed by atoms with Crippen LogP contribution in [0.15, 0.2) is 0 Å².